The molecule has 4 amide bonds. The molecule has 7 aromatic rings. The molecule has 1 aromatic heterocycles. The molecule has 0 unspecified atom stereocenters. The number of nitrogens with zero attached hydrogens (tertiary/aromatic N) is 4. The molecule has 0 atom stereocenters. The van der Waals surface area contributed by atoms with Crippen molar-refractivity contribution >= 4 is 51.7 Å². The molecular formula is C45H29N5O6. The Labute approximate surface area is 318 Å². The summed E-state index contributed by atoms with van der Waals surface area (Å²) in [7, 11) is 1.43. The number of hydrogen-bond acceptors (Lipinski definition) is 8. The number of carbonyl (C=O) groups excluding carboxylic acids is 4. The number of aryl methyl sites for hydroxylation is 1. The number of imide groups is 2. The second-order valence-corrected chi connectivity index (χ2v) is 14.3. The minimum absolute atomic E-state index is 0.171. The zero-order valence-corrected chi connectivity index (χ0v) is 29.9. The van der Waals surface area contributed by atoms with Crippen molar-refractivity contribution in [3.05, 3.63) is 148 Å². The highest BCUT2D eigenvalue weighted by atomic mass is 16.3. The van der Waals surface area contributed by atoms with E-state index in [1.807, 2.05) is 49.4 Å². The lowest BCUT2D eigenvalue weighted by Gasteiger charge is -2.15. The van der Waals surface area contributed by atoms with E-state index in [2.05, 4.69) is 11.1 Å². The molecule has 0 spiro atoms. The van der Waals surface area contributed by atoms with Crippen LogP contribution in [-0.4, -0.2) is 61.5 Å². The van der Waals surface area contributed by atoms with Gasteiger partial charge in [0.1, 0.15) is 17.3 Å². The molecule has 0 fully saturated rings. The summed E-state index contributed by atoms with van der Waals surface area (Å²) in [6, 6.07) is 31.9. The van der Waals surface area contributed by atoms with Crippen molar-refractivity contribution in [3.8, 4) is 45.1 Å². The molecule has 0 bridgehead atoms. The Morgan fingerprint density at radius 2 is 1.18 bits per heavy atom. The number of hydrogen-bond donors (Lipinski definition) is 3. The summed E-state index contributed by atoms with van der Waals surface area (Å²) >= 11 is 0. The van der Waals surface area contributed by atoms with Gasteiger partial charge in [-0.2, -0.15) is 0 Å². The molecule has 56 heavy (non-hydrogen) atoms. The van der Waals surface area contributed by atoms with Crippen molar-refractivity contribution in [2.24, 2.45) is 4.99 Å². The lowest BCUT2D eigenvalue weighted by molar-refractivity contribution is 0.0692. The Kier molecular flexibility index (Phi) is 7.01. The predicted molar refractivity (Wildman–Crippen MR) is 211 cm³/mol. The third kappa shape index (κ3) is 4.98. The van der Waals surface area contributed by atoms with E-state index < -0.39 is 17.7 Å². The molecule has 3 N–H and O–H groups in total. The van der Waals surface area contributed by atoms with Gasteiger partial charge in [-0.25, -0.2) is 9.88 Å². The number of anilines is 1. The second-order valence-electron chi connectivity index (χ2n) is 14.3. The Balaban J connectivity index is 0.894. The molecule has 0 saturated carbocycles. The SMILES string of the molecule is Cc1ccc(C2=Nc3ccc(-c4ccc5[nH]c(-c6ccc(N7C(=O)c8ccc(-c9ccc%10c(c9)C(=O)N(C)C%10=O)cc8C7=O)cc6O)nc5c4)cc3C2)c(O)c1. The minimum atomic E-state index is -0.551. The van der Waals surface area contributed by atoms with E-state index in [0.717, 1.165) is 54.5 Å². The van der Waals surface area contributed by atoms with Crippen LogP contribution in [0.15, 0.2) is 114 Å². The largest absolute Gasteiger partial charge is 0.507 e. The van der Waals surface area contributed by atoms with Gasteiger partial charge in [0.25, 0.3) is 23.6 Å². The number of aliphatic imine (C=N–C) groups is 1. The maximum Gasteiger partial charge on any atom is 0.266 e. The Bertz CT molecular complexity index is 3000. The third-order valence-corrected chi connectivity index (χ3v) is 10.8. The van der Waals surface area contributed by atoms with Crippen LogP contribution in [-0.2, 0) is 6.42 Å². The van der Waals surface area contributed by atoms with Crippen molar-refractivity contribution in [2.75, 3.05) is 11.9 Å². The topological polar surface area (TPSA) is 156 Å². The fourth-order valence-electron chi connectivity index (χ4n) is 7.79. The summed E-state index contributed by atoms with van der Waals surface area (Å²) < 4.78 is 0. The number of rotatable bonds is 5. The highest BCUT2D eigenvalue weighted by Crippen LogP contribution is 2.39. The first-order valence-corrected chi connectivity index (χ1v) is 17.9. The number of imidazole rings is 1. The van der Waals surface area contributed by atoms with Crippen LogP contribution in [0.3, 0.4) is 0 Å². The number of amides is 4. The van der Waals surface area contributed by atoms with Crippen LogP contribution in [0.25, 0.3) is 44.7 Å². The molecule has 270 valence electrons. The number of benzene rings is 6. The van der Waals surface area contributed by atoms with Gasteiger partial charge in [-0.15, -0.1) is 0 Å². The van der Waals surface area contributed by atoms with Crippen LogP contribution in [0.4, 0.5) is 11.4 Å². The first kappa shape index (κ1) is 32.9. The summed E-state index contributed by atoms with van der Waals surface area (Å²) in [4.78, 5) is 67.1. The van der Waals surface area contributed by atoms with Gasteiger partial charge in [0, 0.05) is 25.1 Å². The van der Waals surface area contributed by atoms with Gasteiger partial charge in [-0.05, 0) is 113 Å². The van der Waals surface area contributed by atoms with Crippen LogP contribution in [0.5, 0.6) is 11.5 Å². The number of fused-ring (bicyclic) bond motifs is 4. The number of phenols is 2. The summed E-state index contributed by atoms with van der Waals surface area (Å²) in [6.07, 6.45) is 0.603. The molecule has 11 heteroatoms. The molecule has 0 saturated heterocycles. The van der Waals surface area contributed by atoms with E-state index in [9.17, 15) is 29.4 Å². The number of carbonyl (C=O) groups is 4. The molecule has 0 radical (unpaired) electrons. The van der Waals surface area contributed by atoms with Gasteiger partial charge >= 0.3 is 0 Å². The summed E-state index contributed by atoms with van der Waals surface area (Å²) in [5, 5.41) is 21.7. The van der Waals surface area contributed by atoms with Gasteiger partial charge in [0.2, 0.25) is 0 Å². The Hall–Kier alpha value is -7.66. The number of H-pyrrole nitrogens is 1. The number of phenolic OH excluding ortho intramolecular Hbond substituents is 2. The highest BCUT2D eigenvalue weighted by Gasteiger charge is 2.38. The van der Waals surface area contributed by atoms with Crippen LogP contribution in [0.2, 0.25) is 0 Å². The van der Waals surface area contributed by atoms with Gasteiger partial charge < -0.3 is 15.2 Å². The van der Waals surface area contributed by atoms with Crippen LogP contribution in [0.1, 0.15) is 58.1 Å². The van der Waals surface area contributed by atoms with Crippen molar-refractivity contribution in [1.29, 1.82) is 0 Å². The van der Waals surface area contributed by atoms with Crippen molar-refractivity contribution in [2.45, 2.75) is 13.3 Å². The summed E-state index contributed by atoms with van der Waals surface area (Å²) in [5.41, 5.74) is 10.7. The Morgan fingerprint density at radius 3 is 1.93 bits per heavy atom. The number of aromatic nitrogens is 2. The van der Waals surface area contributed by atoms with Crippen molar-refractivity contribution < 1.29 is 29.4 Å². The first-order valence-electron chi connectivity index (χ1n) is 17.9. The first-order chi connectivity index (χ1) is 27.0. The fourth-order valence-corrected chi connectivity index (χ4v) is 7.79. The molecular weight excluding hydrogens is 707 g/mol. The molecule has 10 rings (SSSR count). The summed E-state index contributed by atoms with van der Waals surface area (Å²) in [6.45, 7) is 1.94. The zero-order valence-electron chi connectivity index (χ0n) is 29.9. The predicted octanol–water partition coefficient (Wildman–Crippen LogP) is 7.99. The van der Waals surface area contributed by atoms with Crippen LogP contribution >= 0.6 is 0 Å². The average molecular weight is 736 g/mol. The van der Waals surface area contributed by atoms with Crippen LogP contribution in [0, 0.1) is 6.92 Å². The van der Waals surface area contributed by atoms with Gasteiger partial charge in [-0.1, -0.05) is 30.3 Å². The number of aromatic hydroxyl groups is 2. The normalized spacial score (nSPS) is 14.5. The molecule has 6 aromatic carbocycles. The maximum absolute atomic E-state index is 13.7. The lowest BCUT2D eigenvalue weighted by Crippen LogP contribution is -2.29. The Morgan fingerprint density at radius 1 is 0.589 bits per heavy atom. The monoisotopic (exact) mass is 735 g/mol. The molecule has 0 aliphatic carbocycles. The van der Waals surface area contributed by atoms with Gasteiger partial charge in [0.15, 0.2) is 0 Å². The quantitative estimate of drug-likeness (QED) is 0.151. The number of nitrogens with one attached hydrogen (secondary N) is 1. The zero-order chi connectivity index (χ0) is 38.6. The number of aromatic amines is 1. The fraction of sp³-hybridized carbons (Fsp3) is 0.0667. The molecule has 11 nitrogen and oxygen atoms in total. The van der Waals surface area contributed by atoms with E-state index in [-0.39, 0.29) is 39.8 Å². The average Bonchev–Trinajstić information content (AvgIpc) is 3.93. The van der Waals surface area contributed by atoms with Crippen molar-refractivity contribution in [3.63, 3.8) is 0 Å². The van der Waals surface area contributed by atoms with E-state index in [4.69, 9.17) is 9.98 Å². The standard InChI is InChI=1S/C45H29N5O6/c1-22-3-9-31(39(51)15-22)37-20-27-16-23(6-13-35(27)46-37)26-7-14-36-38(19-26)48-41(47-36)32-12-8-28(21-40(32)52)50-44(55)30-11-5-25(18-34(30)45(50)56)24-4-10-29-33(17-24)43(54)49(2)42(29)53/h3-19,21,51-52H,20H2,1-2H3,(H,47,48). The van der Waals surface area contributed by atoms with Gasteiger partial charge in [0.05, 0.1) is 55.9 Å². The molecule has 4 heterocycles. The molecule has 3 aliphatic rings. The van der Waals surface area contributed by atoms with E-state index >= 15 is 0 Å². The van der Waals surface area contributed by atoms with Crippen molar-refractivity contribution in [1.82, 2.24) is 14.9 Å². The van der Waals surface area contributed by atoms with Gasteiger partial charge in [-0.3, -0.25) is 29.1 Å². The lowest BCUT2D eigenvalue weighted by atomic mass is 9.97. The smallest absolute Gasteiger partial charge is 0.266 e. The van der Waals surface area contributed by atoms with E-state index in [1.165, 1.54) is 13.1 Å². The summed E-state index contributed by atoms with van der Waals surface area (Å²) in [5.74, 6) is -1.39. The maximum atomic E-state index is 13.7. The van der Waals surface area contributed by atoms with Crippen LogP contribution < -0.4 is 4.90 Å². The highest BCUT2D eigenvalue weighted by molar-refractivity contribution is 6.34. The minimum Gasteiger partial charge on any atom is -0.507 e. The molecule has 3 aliphatic heterocycles. The van der Waals surface area contributed by atoms with E-state index in [0.29, 0.717) is 40.0 Å². The second kappa shape index (κ2) is 11.9. The van der Waals surface area contributed by atoms with E-state index in [1.54, 1.807) is 54.6 Å². The third-order valence-electron chi connectivity index (χ3n) is 10.8.